The summed E-state index contributed by atoms with van der Waals surface area (Å²) in [6.07, 6.45) is 3.45. The molecule has 1 heterocycles. The van der Waals surface area contributed by atoms with Crippen molar-refractivity contribution in [1.82, 2.24) is 9.97 Å². The fraction of sp³-hybridized carbons (Fsp3) is 0.231. The summed E-state index contributed by atoms with van der Waals surface area (Å²) in [4.78, 5) is 7.18. The van der Waals surface area contributed by atoms with Crippen LogP contribution in [0, 0.1) is 10.5 Å². The predicted molar refractivity (Wildman–Crippen MR) is 68.8 cm³/mol. The van der Waals surface area contributed by atoms with Gasteiger partial charge in [0.25, 0.3) is 0 Å². The summed E-state index contributed by atoms with van der Waals surface area (Å²) in [7, 11) is 0. The zero-order valence-electron chi connectivity index (χ0n) is 9.53. The minimum atomic E-state index is -0.238. The van der Waals surface area contributed by atoms with Gasteiger partial charge in [0.2, 0.25) is 0 Å². The zero-order valence-corrected chi connectivity index (χ0v) is 10.4. The number of H-pyrrole nitrogens is 1. The van der Waals surface area contributed by atoms with Crippen molar-refractivity contribution in [3.8, 4) is 11.3 Å². The van der Waals surface area contributed by atoms with Crippen molar-refractivity contribution >= 4 is 12.2 Å². The molecule has 1 aromatic heterocycles. The van der Waals surface area contributed by atoms with Crippen LogP contribution in [0.4, 0.5) is 4.39 Å². The van der Waals surface area contributed by atoms with Gasteiger partial charge in [0.1, 0.15) is 10.5 Å². The normalized spacial score (nSPS) is 10.5. The molecule has 0 spiro atoms. The molecule has 88 valence electrons. The summed E-state index contributed by atoms with van der Waals surface area (Å²) >= 11 is 5.23. The van der Waals surface area contributed by atoms with Crippen LogP contribution in [0.15, 0.2) is 30.6 Å². The summed E-state index contributed by atoms with van der Waals surface area (Å²) in [6, 6.07) is 6.38. The Bertz CT molecular complexity index is 560. The molecule has 2 nitrogen and oxygen atoms in total. The van der Waals surface area contributed by atoms with E-state index in [1.165, 1.54) is 12.1 Å². The first-order valence-corrected chi connectivity index (χ1v) is 5.95. The monoisotopic (exact) mass is 248 g/mol. The maximum absolute atomic E-state index is 12.9. The Morgan fingerprint density at radius 3 is 2.65 bits per heavy atom. The lowest BCUT2D eigenvalue weighted by Crippen LogP contribution is -1.96. The Morgan fingerprint density at radius 2 is 2.00 bits per heavy atom. The number of nitrogens with one attached hydrogen (secondary N) is 1. The number of halogens is 1. The van der Waals surface area contributed by atoms with Gasteiger partial charge in [0.05, 0.1) is 12.0 Å². The lowest BCUT2D eigenvalue weighted by atomic mass is 10.0. The molecule has 0 atom stereocenters. The maximum Gasteiger partial charge on any atom is 0.133 e. The van der Waals surface area contributed by atoms with E-state index >= 15 is 0 Å². The minimum absolute atomic E-state index is 0.238. The van der Waals surface area contributed by atoms with Gasteiger partial charge in [-0.15, -0.1) is 0 Å². The molecule has 0 bridgehead atoms. The Morgan fingerprint density at radius 1 is 1.29 bits per heavy atom. The van der Waals surface area contributed by atoms with Crippen molar-refractivity contribution in [2.24, 2.45) is 0 Å². The molecule has 0 aliphatic carbocycles. The van der Waals surface area contributed by atoms with Crippen molar-refractivity contribution in [3.05, 3.63) is 46.6 Å². The van der Waals surface area contributed by atoms with Crippen LogP contribution < -0.4 is 0 Å². The van der Waals surface area contributed by atoms with Crippen LogP contribution in [0.25, 0.3) is 11.3 Å². The van der Waals surface area contributed by atoms with E-state index in [4.69, 9.17) is 12.2 Å². The molecular weight excluding hydrogens is 235 g/mol. The number of hydrogen-bond donors (Lipinski definition) is 1. The first kappa shape index (κ1) is 11.9. The van der Waals surface area contributed by atoms with Crippen LogP contribution in [0.5, 0.6) is 0 Å². The van der Waals surface area contributed by atoms with Gasteiger partial charge in [-0.3, -0.25) is 0 Å². The first-order valence-electron chi connectivity index (χ1n) is 5.55. The van der Waals surface area contributed by atoms with Crippen LogP contribution in [0.2, 0.25) is 0 Å². The highest BCUT2D eigenvalue weighted by molar-refractivity contribution is 7.71. The molecule has 2 aromatic rings. The average Bonchev–Trinajstić information content (AvgIpc) is 2.33. The molecule has 4 heteroatoms. The highest BCUT2D eigenvalue weighted by Gasteiger charge is 2.07. The zero-order chi connectivity index (χ0) is 12.3. The largest absolute Gasteiger partial charge is 0.346 e. The number of rotatable bonds is 3. The second-order valence-electron chi connectivity index (χ2n) is 3.82. The number of benzene rings is 1. The van der Waals surface area contributed by atoms with Crippen molar-refractivity contribution in [2.75, 3.05) is 0 Å². The fourth-order valence-corrected chi connectivity index (χ4v) is 2.04. The lowest BCUT2D eigenvalue weighted by Gasteiger charge is -2.08. The van der Waals surface area contributed by atoms with Crippen molar-refractivity contribution in [1.29, 1.82) is 0 Å². The third-order valence-corrected chi connectivity index (χ3v) is 2.94. The number of aromatic amines is 1. The number of nitrogens with zero attached hydrogens (tertiary/aromatic N) is 1. The highest BCUT2D eigenvalue weighted by atomic mass is 32.1. The van der Waals surface area contributed by atoms with Gasteiger partial charge in [-0.25, -0.2) is 9.37 Å². The van der Waals surface area contributed by atoms with Gasteiger partial charge in [-0.1, -0.05) is 25.6 Å². The van der Waals surface area contributed by atoms with Crippen LogP contribution in [-0.4, -0.2) is 9.97 Å². The molecule has 0 saturated heterocycles. The van der Waals surface area contributed by atoms with E-state index in [2.05, 4.69) is 16.9 Å². The van der Waals surface area contributed by atoms with Crippen LogP contribution in [0.3, 0.4) is 0 Å². The minimum Gasteiger partial charge on any atom is -0.346 e. The van der Waals surface area contributed by atoms with Crippen LogP contribution >= 0.6 is 12.2 Å². The second-order valence-corrected chi connectivity index (χ2v) is 4.20. The molecule has 0 aliphatic rings. The first-order chi connectivity index (χ1) is 8.22. The summed E-state index contributed by atoms with van der Waals surface area (Å²) < 4.78 is 13.5. The second kappa shape index (κ2) is 5.19. The Kier molecular flexibility index (Phi) is 3.64. The number of aromatic nitrogens is 2. The van der Waals surface area contributed by atoms with Gasteiger partial charge < -0.3 is 4.98 Å². The molecule has 0 amide bonds. The third-order valence-electron chi connectivity index (χ3n) is 2.58. The van der Waals surface area contributed by atoms with Gasteiger partial charge in [-0.05, 0) is 36.2 Å². The Hall–Kier alpha value is -1.55. The lowest BCUT2D eigenvalue weighted by molar-refractivity contribution is 0.628. The van der Waals surface area contributed by atoms with Crippen LogP contribution in [0.1, 0.15) is 18.9 Å². The molecule has 0 radical (unpaired) electrons. The van der Waals surface area contributed by atoms with Gasteiger partial charge in [0, 0.05) is 5.56 Å². The predicted octanol–water partition coefficient (Wildman–Crippen LogP) is 3.90. The van der Waals surface area contributed by atoms with Gasteiger partial charge in [-0.2, -0.15) is 0 Å². The molecule has 2 rings (SSSR count). The maximum atomic E-state index is 12.9. The molecule has 1 aromatic carbocycles. The molecule has 0 saturated carbocycles. The van der Waals surface area contributed by atoms with Crippen molar-refractivity contribution in [2.45, 2.75) is 19.8 Å². The quantitative estimate of drug-likeness (QED) is 0.835. The van der Waals surface area contributed by atoms with E-state index in [9.17, 15) is 4.39 Å². The van der Waals surface area contributed by atoms with Crippen LogP contribution in [-0.2, 0) is 6.42 Å². The molecular formula is C13H13FN2S. The summed E-state index contributed by atoms with van der Waals surface area (Å²) in [5.74, 6) is -0.238. The summed E-state index contributed by atoms with van der Waals surface area (Å²) in [6.45, 7) is 2.09. The standard InChI is InChI=1S/C13H13FN2S/c1-2-3-11-12(15-8-16-13(11)17)9-4-6-10(14)7-5-9/h4-8H,2-3H2,1H3,(H,15,16,17). The number of hydrogen-bond acceptors (Lipinski definition) is 2. The average molecular weight is 248 g/mol. The Balaban J connectivity index is 2.54. The van der Waals surface area contributed by atoms with Gasteiger partial charge in [0.15, 0.2) is 0 Å². The summed E-state index contributed by atoms with van der Waals surface area (Å²) in [5, 5.41) is 0. The van der Waals surface area contributed by atoms with Crippen molar-refractivity contribution in [3.63, 3.8) is 0 Å². The molecule has 0 fully saturated rings. The van der Waals surface area contributed by atoms with E-state index in [1.807, 2.05) is 0 Å². The topological polar surface area (TPSA) is 28.7 Å². The fourth-order valence-electron chi connectivity index (χ4n) is 1.78. The molecule has 1 N–H and O–H groups in total. The van der Waals surface area contributed by atoms with E-state index in [1.54, 1.807) is 18.5 Å². The smallest absolute Gasteiger partial charge is 0.133 e. The third kappa shape index (κ3) is 2.58. The summed E-state index contributed by atoms with van der Waals surface area (Å²) in [5.41, 5.74) is 2.90. The molecule has 0 aliphatic heterocycles. The van der Waals surface area contributed by atoms with E-state index in [-0.39, 0.29) is 5.82 Å². The SMILES string of the molecule is CCCc1c(-c2ccc(F)cc2)[nH]cnc1=S. The van der Waals surface area contributed by atoms with Gasteiger partial charge >= 0.3 is 0 Å². The Labute approximate surface area is 105 Å². The van der Waals surface area contributed by atoms with E-state index < -0.39 is 0 Å². The van der Waals surface area contributed by atoms with E-state index in [0.717, 1.165) is 29.7 Å². The highest BCUT2D eigenvalue weighted by Crippen LogP contribution is 2.22. The van der Waals surface area contributed by atoms with Crippen molar-refractivity contribution < 1.29 is 4.39 Å². The molecule has 0 unspecified atom stereocenters. The molecule has 17 heavy (non-hydrogen) atoms. The van der Waals surface area contributed by atoms with E-state index in [0.29, 0.717) is 4.64 Å².